The molecule has 3 aromatic rings. The Bertz CT molecular complexity index is 1100. The van der Waals surface area contributed by atoms with Gasteiger partial charge in [0.05, 0.1) is 10.6 Å². The van der Waals surface area contributed by atoms with E-state index in [0.717, 1.165) is 16.6 Å². The van der Waals surface area contributed by atoms with E-state index < -0.39 is 22.8 Å². The van der Waals surface area contributed by atoms with Crippen LogP contribution in [0.5, 0.6) is 0 Å². The van der Waals surface area contributed by atoms with Crippen molar-refractivity contribution in [1.29, 1.82) is 0 Å². The Labute approximate surface area is 191 Å². The van der Waals surface area contributed by atoms with Crippen molar-refractivity contribution in [3.8, 4) is 10.6 Å². The molecule has 0 aliphatic carbocycles. The first kappa shape index (κ1) is 22.9. The highest BCUT2D eigenvalue weighted by Crippen LogP contribution is 2.26. The van der Waals surface area contributed by atoms with E-state index in [1.165, 1.54) is 23.5 Å². The molecule has 3 rings (SSSR count). The molecule has 0 fully saturated rings. The van der Waals surface area contributed by atoms with E-state index in [9.17, 15) is 19.7 Å². The molecule has 0 saturated carbocycles. The number of thiophene rings is 1. The quantitative estimate of drug-likeness (QED) is 0.278. The summed E-state index contributed by atoms with van der Waals surface area (Å²) in [6, 6.07) is 4.73. The van der Waals surface area contributed by atoms with Crippen LogP contribution in [0.4, 0.5) is 5.69 Å². The van der Waals surface area contributed by atoms with Gasteiger partial charge in [0.25, 0.3) is 11.6 Å². The molecule has 0 unspecified atom stereocenters. The lowest BCUT2D eigenvalue weighted by molar-refractivity contribution is -0.384. The zero-order valence-electron chi connectivity index (χ0n) is 16.5. The Kier molecular flexibility index (Phi) is 7.37. The monoisotopic (exact) mass is 479 g/mol. The molecule has 31 heavy (non-hydrogen) atoms. The molecule has 2 heterocycles. The van der Waals surface area contributed by atoms with E-state index in [2.05, 4.69) is 10.3 Å². The molecule has 0 radical (unpaired) electrons. The maximum Gasteiger partial charge on any atom is 0.329 e. The van der Waals surface area contributed by atoms with Crippen LogP contribution in [0.3, 0.4) is 0 Å². The van der Waals surface area contributed by atoms with Crippen LogP contribution in [-0.2, 0) is 16.1 Å². The van der Waals surface area contributed by atoms with Crippen LogP contribution in [0, 0.1) is 16.0 Å². The summed E-state index contributed by atoms with van der Waals surface area (Å²) in [4.78, 5) is 40.0. The fraction of sp³-hybridized carbons (Fsp3) is 0.250. The third kappa shape index (κ3) is 5.66. The van der Waals surface area contributed by atoms with Gasteiger partial charge in [-0.15, -0.1) is 11.3 Å². The Balaban J connectivity index is 1.65. The summed E-state index contributed by atoms with van der Waals surface area (Å²) in [5, 5.41) is 20.2. The second kappa shape index (κ2) is 9.99. The first-order valence-electron chi connectivity index (χ1n) is 9.14. The zero-order chi connectivity index (χ0) is 22.5. The number of nitrogens with zero attached hydrogens (tertiary/aromatic N) is 2. The number of rotatable bonds is 8. The van der Waals surface area contributed by atoms with Gasteiger partial charge in [-0.3, -0.25) is 14.9 Å². The number of thiazole rings is 1. The van der Waals surface area contributed by atoms with E-state index in [4.69, 9.17) is 16.3 Å². The lowest BCUT2D eigenvalue weighted by Gasteiger charge is -2.20. The molecule has 0 aliphatic rings. The predicted octanol–water partition coefficient (Wildman–Crippen LogP) is 4.93. The van der Waals surface area contributed by atoms with E-state index in [-0.39, 0.29) is 28.8 Å². The van der Waals surface area contributed by atoms with Crippen molar-refractivity contribution in [1.82, 2.24) is 10.3 Å². The van der Waals surface area contributed by atoms with Gasteiger partial charge in [-0.25, -0.2) is 9.78 Å². The Morgan fingerprint density at radius 3 is 2.71 bits per heavy atom. The standard InChI is InChI=1S/C20H18ClN3O5S2/c1-11(2)17(23-18(25)12-3-4-15(21)16(7-12)24(27)28)20(26)29-8-14-10-31-19(22-14)13-5-6-30-9-13/h3-7,9-11,17H,8H2,1-2H3,(H,23,25)/t17-/m0/s1. The van der Waals surface area contributed by atoms with Gasteiger partial charge in [0.15, 0.2) is 0 Å². The maximum atomic E-state index is 12.6. The van der Waals surface area contributed by atoms with Gasteiger partial charge in [-0.2, -0.15) is 11.3 Å². The minimum absolute atomic E-state index is 0.0226. The second-order valence-corrected chi connectivity index (χ2v) is 8.93. The Morgan fingerprint density at radius 2 is 2.06 bits per heavy atom. The summed E-state index contributed by atoms with van der Waals surface area (Å²) < 4.78 is 5.36. The summed E-state index contributed by atoms with van der Waals surface area (Å²) in [7, 11) is 0. The van der Waals surface area contributed by atoms with Gasteiger partial charge in [-0.1, -0.05) is 25.4 Å². The van der Waals surface area contributed by atoms with E-state index in [1.54, 1.807) is 25.2 Å². The number of ether oxygens (including phenoxy) is 1. The largest absolute Gasteiger partial charge is 0.458 e. The van der Waals surface area contributed by atoms with Gasteiger partial charge in [0.2, 0.25) is 0 Å². The van der Waals surface area contributed by atoms with Crippen LogP contribution in [0.2, 0.25) is 5.02 Å². The topological polar surface area (TPSA) is 111 Å². The molecule has 0 aliphatic heterocycles. The van der Waals surface area contributed by atoms with Gasteiger partial charge in [-0.05, 0) is 29.5 Å². The number of esters is 1. The van der Waals surface area contributed by atoms with Crippen LogP contribution in [-0.4, -0.2) is 27.8 Å². The molecule has 1 atom stereocenters. The number of amides is 1. The third-order valence-electron chi connectivity index (χ3n) is 4.29. The average molecular weight is 480 g/mol. The molecular weight excluding hydrogens is 462 g/mol. The van der Waals surface area contributed by atoms with Crippen molar-refractivity contribution in [3.63, 3.8) is 0 Å². The SMILES string of the molecule is CC(C)[C@H](NC(=O)c1ccc(Cl)c([N+](=O)[O-])c1)C(=O)OCc1csc(-c2ccsc2)n1. The highest BCUT2D eigenvalue weighted by Gasteiger charge is 2.27. The molecule has 1 amide bonds. The molecule has 1 N–H and O–H groups in total. The first-order valence-corrected chi connectivity index (χ1v) is 11.3. The summed E-state index contributed by atoms with van der Waals surface area (Å²) in [6.45, 7) is 3.49. The lowest BCUT2D eigenvalue weighted by atomic mass is 10.0. The van der Waals surface area contributed by atoms with Gasteiger partial charge in [0.1, 0.15) is 22.7 Å². The molecule has 0 spiro atoms. The number of hydrogen-bond acceptors (Lipinski definition) is 8. The molecule has 1 aromatic carbocycles. The Hall–Kier alpha value is -2.82. The van der Waals surface area contributed by atoms with Gasteiger partial charge >= 0.3 is 5.97 Å². The van der Waals surface area contributed by atoms with Gasteiger partial charge < -0.3 is 10.1 Å². The molecule has 2 aromatic heterocycles. The third-order valence-corrected chi connectivity index (χ3v) is 6.24. The number of hydrogen-bond donors (Lipinski definition) is 1. The number of carbonyl (C=O) groups excluding carboxylic acids is 2. The lowest BCUT2D eigenvalue weighted by Crippen LogP contribution is -2.45. The summed E-state index contributed by atoms with van der Waals surface area (Å²) in [5.41, 5.74) is 1.26. The molecular formula is C20H18ClN3O5S2. The zero-order valence-corrected chi connectivity index (χ0v) is 18.9. The number of carbonyl (C=O) groups is 2. The van der Waals surface area contributed by atoms with E-state index >= 15 is 0 Å². The molecule has 0 saturated heterocycles. The van der Waals surface area contributed by atoms with E-state index in [0.29, 0.717) is 5.69 Å². The van der Waals surface area contributed by atoms with Crippen molar-refractivity contribution in [2.45, 2.75) is 26.5 Å². The number of halogens is 1. The highest BCUT2D eigenvalue weighted by atomic mass is 35.5. The van der Waals surface area contributed by atoms with Crippen molar-refractivity contribution in [3.05, 3.63) is 66.8 Å². The maximum absolute atomic E-state index is 12.6. The smallest absolute Gasteiger partial charge is 0.329 e. The number of nitrogens with one attached hydrogen (secondary N) is 1. The minimum atomic E-state index is -0.933. The van der Waals surface area contributed by atoms with Crippen LogP contribution >= 0.6 is 34.3 Å². The highest BCUT2D eigenvalue weighted by molar-refractivity contribution is 7.14. The average Bonchev–Trinajstić information content (AvgIpc) is 3.41. The fourth-order valence-corrected chi connectivity index (χ4v) is 4.35. The van der Waals surface area contributed by atoms with Crippen molar-refractivity contribution >= 4 is 51.8 Å². The number of aromatic nitrogens is 1. The normalized spacial score (nSPS) is 11.9. The van der Waals surface area contributed by atoms with Crippen LogP contribution in [0.25, 0.3) is 10.6 Å². The van der Waals surface area contributed by atoms with Crippen molar-refractivity contribution in [2.24, 2.45) is 5.92 Å². The summed E-state index contributed by atoms with van der Waals surface area (Å²) >= 11 is 8.81. The molecule has 162 valence electrons. The van der Waals surface area contributed by atoms with Crippen LogP contribution < -0.4 is 5.32 Å². The van der Waals surface area contributed by atoms with Crippen LogP contribution in [0.1, 0.15) is 29.9 Å². The molecule has 11 heteroatoms. The van der Waals surface area contributed by atoms with Crippen LogP contribution in [0.15, 0.2) is 40.4 Å². The number of nitro benzene ring substituents is 1. The van der Waals surface area contributed by atoms with Crippen molar-refractivity contribution in [2.75, 3.05) is 0 Å². The van der Waals surface area contributed by atoms with E-state index in [1.807, 2.05) is 22.2 Å². The minimum Gasteiger partial charge on any atom is -0.458 e. The van der Waals surface area contributed by atoms with Gasteiger partial charge in [0, 0.05) is 28.0 Å². The Morgan fingerprint density at radius 1 is 1.29 bits per heavy atom. The summed E-state index contributed by atoms with van der Waals surface area (Å²) in [6.07, 6.45) is 0. The number of nitro groups is 1. The van der Waals surface area contributed by atoms with Crippen molar-refractivity contribution < 1.29 is 19.2 Å². The summed E-state index contributed by atoms with van der Waals surface area (Å²) in [5.74, 6) is -1.52. The fourth-order valence-electron chi connectivity index (χ4n) is 2.64. The molecule has 0 bridgehead atoms. The second-order valence-electron chi connectivity index (χ2n) is 6.88. The number of benzene rings is 1. The first-order chi connectivity index (χ1) is 14.8. The predicted molar refractivity (Wildman–Crippen MR) is 119 cm³/mol. The molecule has 8 nitrogen and oxygen atoms in total.